The number of rotatable bonds is 4. The molecule has 0 atom stereocenters. The molecule has 0 aliphatic heterocycles. The van der Waals surface area contributed by atoms with Crippen molar-refractivity contribution in [2.24, 2.45) is 0 Å². The molecule has 0 rings (SSSR count). The molecule has 0 heterocycles. The minimum Gasteiger partial charge on any atom is -0.367 e. The summed E-state index contributed by atoms with van der Waals surface area (Å²) in [5, 5.41) is 0.874. The Labute approximate surface area is 63.2 Å². The lowest BCUT2D eigenvalue weighted by atomic mass is 10.4. The van der Waals surface area contributed by atoms with Gasteiger partial charge in [0.25, 0.3) is 0 Å². The second kappa shape index (κ2) is 4.74. The van der Waals surface area contributed by atoms with Crippen molar-refractivity contribution in [3.63, 3.8) is 0 Å². The Hall–Kier alpha value is -0.110. The fourth-order valence-corrected chi connectivity index (χ4v) is 0.981. The second-order valence-electron chi connectivity index (χ2n) is 2.00. The molecule has 2 heteroatoms. The SMILES string of the molecule is C=C(S)N(CC)CCC. The molecule has 0 aromatic carbocycles. The van der Waals surface area contributed by atoms with Crippen LogP contribution in [0.25, 0.3) is 0 Å². The zero-order chi connectivity index (χ0) is 7.28. The van der Waals surface area contributed by atoms with Gasteiger partial charge in [-0.3, -0.25) is 0 Å². The lowest BCUT2D eigenvalue weighted by Gasteiger charge is -2.20. The first-order valence-electron chi connectivity index (χ1n) is 3.35. The normalized spacial score (nSPS) is 9.22. The van der Waals surface area contributed by atoms with E-state index < -0.39 is 0 Å². The van der Waals surface area contributed by atoms with Crippen LogP contribution >= 0.6 is 12.6 Å². The average Bonchev–Trinajstić information content (AvgIpc) is 1.82. The van der Waals surface area contributed by atoms with Crippen LogP contribution in [0, 0.1) is 0 Å². The van der Waals surface area contributed by atoms with Crippen molar-refractivity contribution in [2.75, 3.05) is 13.1 Å². The smallest absolute Gasteiger partial charge is 0.0603 e. The zero-order valence-corrected chi connectivity index (χ0v) is 7.12. The number of hydrogen-bond acceptors (Lipinski definition) is 2. The summed E-state index contributed by atoms with van der Waals surface area (Å²) >= 11 is 4.14. The van der Waals surface area contributed by atoms with Crippen molar-refractivity contribution < 1.29 is 0 Å². The van der Waals surface area contributed by atoms with Crippen LogP contribution < -0.4 is 0 Å². The van der Waals surface area contributed by atoms with Gasteiger partial charge >= 0.3 is 0 Å². The Balaban J connectivity index is 3.54. The monoisotopic (exact) mass is 145 g/mol. The summed E-state index contributed by atoms with van der Waals surface area (Å²) in [5.41, 5.74) is 0. The second-order valence-corrected chi connectivity index (χ2v) is 2.51. The third-order valence-corrected chi connectivity index (χ3v) is 1.52. The predicted octanol–water partition coefficient (Wildman–Crippen LogP) is 2.12. The summed E-state index contributed by atoms with van der Waals surface area (Å²) in [6.07, 6.45) is 1.16. The molecule has 0 aliphatic rings. The summed E-state index contributed by atoms with van der Waals surface area (Å²) in [5.74, 6) is 0. The molecule has 0 spiro atoms. The van der Waals surface area contributed by atoms with Crippen molar-refractivity contribution >= 4 is 12.6 Å². The third kappa shape index (κ3) is 3.46. The topological polar surface area (TPSA) is 3.24 Å². The predicted molar refractivity (Wildman–Crippen MR) is 45.7 cm³/mol. The fourth-order valence-electron chi connectivity index (χ4n) is 0.740. The van der Waals surface area contributed by atoms with Crippen molar-refractivity contribution in [2.45, 2.75) is 20.3 Å². The van der Waals surface area contributed by atoms with Gasteiger partial charge in [0.05, 0.1) is 5.03 Å². The molecule has 0 aliphatic carbocycles. The molecule has 0 saturated carbocycles. The highest BCUT2D eigenvalue weighted by Crippen LogP contribution is 2.04. The Bertz CT molecular complexity index is 90.9. The van der Waals surface area contributed by atoms with Crippen LogP contribution in [0.5, 0.6) is 0 Å². The Kier molecular flexibility index (Phi) is 4.68. The maximum Gasteiger partial charge on any atom is 0.0603 e. The van der Waals surface area contributed by atoms with E-state index in [0.29, 0.717) is 0 Å². The van der Waals surface area contributed by atoms with Gasteiger partial charge in [0.2, 0.25) is 0 Å². The van der Waals surface area contributed by atoms with E-state index in [2.05, 4.69) is 38.0 Å². The lowest BCUT2D eigenvalue weighted by Crippen LogP contribution is -2.20. The van der Waals surface area contributed by atoms with Crippen LogP contribution in [0.4, 0.5) is 0 Å². The van der Waals surface area contributed by atoms with Crippen LogP contribution in [0.2, 0.25) is 0 Å². The maximum atomic E-state index is 4.14. The van der Waals surface area contributed by atoms with Crippen LogP contribution in [0.15, 0.2) is 11.6 Å². The van der Waals surface area contributed by atoms with Gasteiger partial charge < -0.3 is 4.90 Å². The minimum absolute atomic E-state index is 0.874. The summed E-state index contributed by atoms with van der Waals surface area (Å²) in [4.78, 5) is 2.14. The van der Waals surface area contributed by atoms with Gasteiger partial charge in [-0.25, -0.2) is 0 Å². The van der Waals surface area contributed by atoms with Crippen LogP contribution in [0.1, 0.15) is 20.3 Å². The van der Waals surface area contributed by atoms with Gasteiger partial charge in [-0.05, 0) is 13.3 Å². The molecule has 9 heavy (non-hydrogen) atoms. The molecule has 0 N–H and O–H groups in total. The fraction of sp³-hybridized carbons (Fsp3) is 0.714. The highest BCUT2D eigenvalue weighted by atomic mass is 32.1. The zero-order valence-electron chi connectivity index (χ0n) is 6.22. The van der Waals surface area contributed by atoms with Crippen molar-refractivity contribution in [1.29, 1.82) is 0 Å². The Morgan fingerprint density at radius 1 is 1.56 bits per heavy atom. The van der Waals surface area contributed by atoms with Gasteiger partial charge in [0, 0.05) is 13.1 Å². The maximum absolute atomic E-state index is 4.14. The molecule has 0 unspecified atom stereocenters. The number of nitrogens with zero attached hydrogens (tertiary/aromatic N) is 1. The molecule has 0 fully saturated rings. The highest BCUT2D eigenvalue weighted by Gasteiger charge is 1.96. The average molecular weight is 145 g/mol. The molecular formula is C7H15NS. The first-order valence-corrected chi connectivity index (χ1v) is 3.79. The molecule has 0 amide bonds. The van der Waals surface area contributed by atoms with E-state index in [1.807, 2.05) is 0 Å². The molecule has 0 bridgehead atoms. The van der Waals surface area contributed by atoms with Gasteiger partial charge in [-0.2, -0.15) is 0 Å². The summed E-state index contributed by atoms with van der Waals surface area (Å²) in [6.45, 7) is 10.1. The van der Waals surface area contributed by atoms with Crippen LogP contribution in [0.3, 0.4) is 0 Å². The van der Waals surface area contributed by atoms with Gasteiger partial charge in [-0.15, -0.1) is 12.6 Å². The minimum atomic E-state index is 0.874. The molecular weight excluding hydrogens is 130 g/mol. The summed E-state index contributed by atoms with van der Waals surface area (Å²) < 4.78 is 0. The quantitative estimate of drug-likeness (QED) is 0.593. The largest absolute Gasteiger partial charge is 0.367 e. The van der Waals surface area contributed by atoms with E-state index in [4.69, 9.17) is 0 Å². The van der Waals surface area contributed by atoms with Crippen LogP contribution in [-0.4, -0.2) is 18.0 Å². The first kappa shape index (κ1) is 8.89. The van der Waals surface area contributed by atoms with E-state index in [1.165, 1.54) is 0 Å². The standard InChI is InChI=1S/C7H15NS/c1-4-6-8(5-2)7(3)9/h9H,3-6H2,1-2H3. The van der Waals surface area contributed by atoms with Crippen LogP contribution in [-0.2, 0) is 0 Å². The van der Waals surface area contributed by atoms with Crippen molar-refractivity contribution in [1.82, 2.24) is 4.90 Å². The number of thiol groups is 1. The Morgan fingerprint density at radius 3 is 2.22 bits per heavy atom. The number of hydrogen-bond donors (Lipinski definition) is 1. The van der Waals surface area contributed by atoms with Gasteiger partial charge in [0.15, 0.2) is 0 Å². The van der Waals surface area contributed by atoms with E-state index in [0.717, 1.165) is 24.5 Å². The molecule has 0 saturated heterocycles. The lowest BCUT2D eigenvalue weighted by molar-refractivity contribution is 0.389. The van der Waals surface area contributed by atoms with E-state index in [9.17, 15) is 0 Å². The molecule has 54 valence electrons. The van der Waals surface area contributed by atoms with Gasteiger partial charge in [0.1, 0.15) is 0 Å². The van der Waals surface area contributed by atoms with Crippen molar-refractivity contribution in [3.05, 3.63) is 11.6 Å². The van der Waals surface area contributed by atoms with E-state index in [-0.39, 0.29) is 0 Å². The summed E-state index contributed by atoms with van der Waals surface area (Å²) in [7, 11) is 0. The highest BCUT2D eigenvalue weighted by molar-refractivity contribution is 7.84. The molecule has 0 radical (unpaired) electrons. The Morgan fingerprint density at radius 2 is 2.11 bits per heavy atom. The molecule has 0 aromatic heterocycles. The van der Waals surface area contributed by atoms with Crippen molar-refractivity contribution in [3.8, 4) is 0 Å². The first-order chi connectivity index (χ1) is 4.22. The van der Waals surface area contributed by atoms with E-state index >= 15 is 0 Å². The summed E-state index contributed by atoms with van der Waals surface area (Å²) in [6, 6.07) is 0. The van der Waals surface area contributed by atoms with Gasteiger partial charge in [-0.1, -0.05) is 13.5 Å². The molecule has 1 nitrogen and oxygen atoms in total. The molecule has 0 aromatic rings. The third-order valence-electron chi connectivity index (χ3n) is 1.24. The van der Waals surface area contributed by atoms with E-state index in [1.54, 1.807) is 0 Å².